The number of nitrogens with one attached hydrogen (secondary N) is 1. The van der Waals surface area contributed by atoms with Crippen LogP contribution in [0.5, 0.6) is 0 Å². The predicted molar refractivity (Wildman–Crippen MR) is 142 cm³/mol. The standard InChI is InChI=1S/C26H20Cl2N8O/c27-22-12-11-20(23(28)13-22)15-35-16-21(25(32-35)18-7-3-1-4-8-18)14-29-30-24(37)17-36-33-26(31-34-36)19-9-5-2-6-10-19/h1-14,16H,15,17H2,(H,30,37)/b29-14-. The minimum absolute atomic E-state index is 0.128. The molecule has 2 heterocycles. The van der Waals surface area contributed by atoms with E-state index >= 15 is 0 Å². The molecule has 11 heteroatoms. The molecule has 0 radical (unpaired) electrons. The summed E-state index contributed by atoms with van der Waals surface area (Å²) >= 11 is 12.4. The van der Waals surface area contributed by atoms with Crippen molar-refractivity contribution in [2.45, 2.75) is 13.1 Å². The van der Waals surface area contributed by atoms with Gasteiger partial charge >= 0.3 is 0 Å². The highest BCUT2D eigenvalue weighted by atomic mass is 35.5. The molecular weight excluding hydrogens is 511 g/mol. The molecular formula is C26H20Cl2N8O. The van der Waals surface area contributed by atoms with E-state index in [1.807, 2.05) is 72.9 Å². The van der Waals surface area contributed by atoms with Crippen LogP contribution in [0, 0.1) is 0 Å². The maximum Gasteiger partial charge on any atom is 0.263 e. The number of amides is 1. The molecule has 5 rings (SSSR count). The molecule has 0 aliphatic rings. The van der Waals surface area contributed by atoms with Gasteiger partial charge in [-0.25, -0.2) is 5.43 Å². The zero-order valence-corrected chi connectivity index (χ0v) is 20.9. The third-order valence-corrected chi connectivity index (χ3v) is 5.93. The maximum absolute atomic E-state index is 12.4. The van der Waals surface area contributed by atoms with Crippen molar-refractivity contribution in [2.75, 3.05) is 0 Å². The lowest BCUT2D eigenvalue weighted by Crippen LogP contribution is -2.24. The molecule has 0 saturated heterocycles. The Morgan fingerprint density at radius 3 is 2.41 bits per heavy atom. The van der Waals surface area contributed by atoms with Crippen molar-refractivity contribution in [3.8, 4) is 22.6 Å². The molecule has 0 spiro atoms. The topological polar surface area (TPSA) is 103 Å². The van der Waals surface area contributed by atoms with Crippen molar-refractivity contribution in [1.29, 1.82) is 0 Å². The van der Waals surface area contributed by atoms with E-state index in [2.05, 4.69) is 25.9 Å². The minimum atomic E-state index is -0.394. The van der Waals surface area contributed by atoms with Crippen LogP contribution in [-0.4, -0.2) is 42.1 Å². The van der Waals surface area contributed by atoms with E-state index in [0.29, 0.717) is 28.1 Å². The van der Waals surface area contributed by atoms with Gasteiger partial charge in [0.15, 0.2) is 0 Å². The highest BCUT2D eigenvalue weighted by Crippen LogP contribution is 2.24. The number of nitrogens with zero attached hydrogens (tertiary/aromatic N) is 7. The van der Waals surface area contributed by atoms with Crippen LogP contribution < -0.4 is 5.43 Å². The van der Waals surface area contributed by atoms with Crippen LogP contribution in [0.25, 0.3) is 22.6 Å². The van der Waals surface area contributed by atoms with Gasteiger partial charge in [-0.1, -0.05) is 89.9 Å². The third kappa shape index (κ3) is 6.08. The summed E-state index contributed by atoms with van der Waals surface area (Å²) in [5.74, 6) is 0.0486. The van der Waals surface area contributed by atoms with Crippen molar-refractivity contribution in [3.63, 3.8) is 0 Å². The lowest BCUT2D eigenvalue weighted by molar-refractivity contribution is -0.122. The first-order valence-corrected chi connectivity index (χ1v) is 12.0. The molecule has 3 aromatic carbocycles. The maximum atomic E-state index is 12.4. The second kappa shape index (κ2) is 11.2. The minimum Gasteiger partial charge on any atom is -0.271 e. The van der Waals surface area contributed by atoms with Gasteiger partial charge < -0.3 is 0 Å². The average molecular weight is 531 g/mol. The number of aromatic nitrogens is 6. The number of hydrogen-bond donors (Lipinski definition) is 1. The fourth-order valence-electron chi connectivity index (χ4n) is 3.61. The Morgan fingerprint density at radius 2 is 1.68 bits per heavy atom. The molecule has 0 saturated carbocycles. The van der Waals surface area contributed by atoms with E-state index in [1.54, 1.807) is 23.0 Å². The molecule has 9 nitrogen and oxygen atoms in total. The number of hydrazone groups is 1. The highest BCUT2D eigenvalue weighted by molar-refractivity contribution is 6.35. The Labute approximate surface area is 222 Å². The summed E-state index contributed by atoms with van der Waals surface area (Å²) in [4.78, 5) is 13.6. The molecule has 2 aromatic heterocycles. The van der Waals surface area contributed by atoms with Crippen LogP contribution in [0.4, 0.5) is 0 Å². The smallest absolute Gasteiger partial charge is 0.263 e. The van der Waals surface area contributed by atoms with Crippen molar-refractivity contribution in [3.05, 3.63) is 106 Å². The molecule has 5 aromatic rings. The molecule has 37 heavy (non-hydrogen) atoms. The lowest BCUT2D eigenvalue weighted by atomic mass is 10.1. The van der Waals surface area contributed by atoms with Crippen LogP contribution >= 0.6 is 23.2 Å². The quantitative estimate of drug-likeness (QED) is 0.231. The summed E-state index contributed by atoms with van der Waals surface area (Å²) in [6, 6.07) is 24.5. The van der Waals surface area contributed by atoms with Crippen LogP contribution in [0.15, 0.2) is 90.2 Å². The molecule has 184 valence electrons. The van der Waals surface area contributed by atoms with E-state index in [9.17, 15) is 4.79 Å². The van der Waals surface area contributed by atoms with E-state index in [1.165, 1.54) is 4.80 Å². The van der Waals surface area contributed by atoms with Crippen LogP contribution in [0.3, 0.4) is 0 Å². The van der Waals surface area contributed by atoms with E-state index in [0.717, 1.165) is 22.3 Å². The fraction of sp³-hybridized carbons (Fsp3) is 0.0769. The van der Waals surface area contributed by atoms with Gasteiger partial charge in [0.2, 0.25) is 5.82 Å². The summed E-state index contributed by atoms with van der Waals surface area (Å²) in [7, 11) is 0. The van der Waals surface area contributed by atoms with Gasteiger partial charge in [0, 0.05) is 32.9 Å². The van der Waals surface area contributed by atoms with Crippen LogP contribution in [0.1, 0.15) is 11.1 Å². The second-order valence-corrected chi connectivity index (χ2v) is 8.88. The summed E-state index contributed by atoms with van der Waals surface area (Å²) in [6.45, 7) is 0.314. The number of hydrogen-bond acceptors (Lipinski definition) is 6. The molecule has 0 fully saturated rings. The van der Waals surface area contributed by atoms with E-state index in [4.69, 9.17) is 28.3 Å². The van der Waals surface area contributed by atoms with Gasteiger partial charge in [0.25, 0.3) is 5.91 Å². The number of benzene rings is 3. The normalized spacial score (nSPS) is 11.2. The van der Waals surface area contributed by atoms with Gasteiger partial charge in [-0.05, 0) is 22.9 Å². The number of halogens is 2. The zero-order chi connectivity index (χ0) is 25.6. The monoisotopic (exact) mass is 530 g/mol. The fourth-order valence-corrected chi connectivity index (χ4v) is 4.08. The van der Waals surface area contributed by atoms with Crippen LogP contribution in [-0.2, 0) is 17.9 Å². The first kappa shape index (κ1) is 24.4. The van der Waals surface area contributed by atoms with Gasteiger partial charge in [-0.2, -0.15) is 15.0 Å². The average Bonchev–Trinajstić information content (AvgIpc) is 3.54. The van der Waals surface area contributed by atoms with Crippen molar-refractivity contribution >= 4 is 35.3 Å². The molecule has 1 N–H and O–H groups in total. The van der Waals surface area contributed by atoms with Crippen molar-refractivity contribution in [1.82, 2.24) is 35.4 Å². The molecule has 0 aliphatic carbocycles. The Hall–Kier alpha value is -4.34. The number of carbonyl (C=O) groups excluding carboxylic acids is 1. The molecule has 1 amide bonds. The number of tetrazole rings is 1. The summed E-state index contributed by atoms with van der Waals surface area (Å²) < 4.78 is 1.77. The van der Waals surface area contributed by atoms with Gasteiger partial charge in [0.1, 0.15) is 12.2 Å². The van der Waals surface area contributed by atoms with Gasteiger partial charge in [0.05, 0.1) is 12.8 Å². The Balaban J connectivity index is 1.30. The third-order valence-electron chi connectivity index (χ3n) is 5.35. The van der Waals surface area contributed by atoms with E-state index < -0.39 is 5.91 Å². The highest BCUT2D eigenvalue weighted by Gasteiger charge is 2.12. The largest absolute Gasteiger partial charge is 0.271 e. The predicted octanol–water partition coefficient (Wildman–Crippen LogP) is 4.71. The van der Waals surface area contributed by atoms with Gasteiger partial charge in [-0.15, -0.1) is 10.2 Å². The van der Waals surface area contributed by atoms with Crippen molar-refractivity contribution in [2.24, 2.45) is 5.10 Å². The summed E-state index contributed by atoms with van der Waals surface area (Å²) in [6.07, 6.45) is 3.39. The molecule has 0 aliphatic heterocycles. The Kier molecular flexibility index (Phi) is 7.34. The molecule has 0 unspecified atom stereocenters. The van der Waals surface area contributed by atoms with Crippen molar-refractivity contribution < 1.29 is 4.79 Å². The Morgan fingerprint density at radius 1 is 0.946 bits per heavy atom. The van der Waals surface area contributed by atoms with Crippen LogP contribution in [0.2, 0.25) is 10.0 Å². The molecule has 0 atom stereocenters. The number of carbonyl (C=O) groups is 1. The lowest BCUT2D eigenvalue weighted by Gasteiger charge is -2.05. The number of rotatable bonds is 8. The first-order valence-electron chi connectivity index (χ1n) is 11.3. The first-order chi connectivity index (χ1) is 18.0. The SMILES string of the molecule is O=C(Cn1nnc(-c2ccccc2)n1)N/N=C\c1cn(Cc2ccc(Cl)cc2Cl)nc1-c1ccccc1. The zero-order valence-electron chi connectivity index (χ0n) is 19.4. The summed E-state index contributed by atoms with van der Waals surface area (Å²) in [5.41, 5.74) is 6.56. The molecule has 0 bridgehead atoms. The van der Waals surface area contributed by atoms with Gasteiger partial charge in [-0.3, -0.25) is 9.48 Å². The summed E-state index contributed by atoms with van der Waals surface area (Å²) in [5, 5.41) is 22.2. The second-order valence-electron chi connectivity index (χ2n) is 8.04. The Bertz CT molecular complexity index is 1550. The van der Waals surface area contributed by atoms with E-state index in [-0.39, 0.29) is 6.54 Å².